The van der Waals surface area contributed by atoms with Gasteiger partial charge in [-0.1, -0.05) is 11.3 Å². The van der Waals surface area contributed by atoms with Gasteiger partial charge in [0.05, 0.1) is 16.2 Å². The fourth-order valence-electron chi connectivity index (χ4n) is 1.15. The number of carboxylic acid groups (broad SMARTS) is 2. The molecule has 1 rings (SSSR count). The van der Waals surface area contributed by atoms with Crippen LogP contribution in [0.1, 0.15) is 16.1 Å². The Morgan fingerprint density at radius 1 is 1.37 bits per heavy atom. The van der Waals surface area contributed by atoms with E-state index in [1.165, 1.54) is 0 Å². The molecule has 0 aromatic carbocycles. The highest BCUT2D eigenvalue weighted by Gasteiger charge is 2.25. The summed E-state index contributed by atoms with van der Waals surface area (Å²) in [4.78, 5) is 42.4. The Labute approximate surface area is 109 Å². The van der Waals surface area contributed by atoms with Crippen LogP contribution in [0.4, 0.5) is 5.00 Å². The average Bonchev–Trinajstić information content (AvgIpc) is 2.76. The molecule has 9 nitrogen and oxygen atoms in total. The second-order valence-corrected chi connectivity index (χ2v) is 4.42. The van der Waals surface area contributed by atoms with Gasteiger partial charge >= 0.3 is 16.9 Å². The van der Waals surface area contributed by atoms with Gasteiger partial charge in [0.2, 0.25) is 0 Å². The topological polar surface area (TPSA) is 147 Å². The number of hydrogen-bond acceptors (Lipinski definition) is 6. The van der Waals surface area contributed by atoms with E-state index in [1.54, 1.807) is 0 Å². The van der Waals surface area contributed by atoms with Crippen LogP contribution >= 0.6 is 11.3 Å². The van der Waals surface area contributed by atoms with E-state index in [1.807, 2.05) is 5.32 Å². The fourth-order valence-corrected chi connectivity index (χ4v) is 1.88. The number of rotatable bonds is 6. The van der Waals surface area contributed by atoms with Gasteiger partial charge in [0.25, 0.3) is 5.91 Å². The number of carbonyl (C=O) groups is 3. The zero-order valence-electron chi connectivity index (χ0n) is 9.23. The van der Waals surface area contributed by atoms with Crippen LogP contribution in [0.3, 0.4) is 0 Å². The van der Waals surface area contributed by atoms with Crippen LogP contribution in [0.15, 0.2) is 12.1 Å². The SMILES string of the molecule is O=C(O)C[C@H](NC(=O)c1ccc([N+](=O)[O-])s1)C(=O)O. The first-order valence-corrected chi connectivity index (χ1v) is 5.62. The molecule has 1 amide bonds. The van der Waals surface area contributed by atoms with Gasteiger partial charge in [-0.2, -0.15) is 0 Å². The van der Waals surface area contributed by atoms with E-state index in [-0.39, 0.29) is 9.88 Å². The highest BCUT2D eigenvalue weighted by molar-refractivity contribution is 7.17. The summed E-state index contributed by atoms with van der Waals surface area (Å²) in [6, 6.07) is 0.677. The van der Waals surface area contributed by atoms with Crippen molar-refractivity contribution in [2.24, 2.45) is 0 Å². The van der Waals surface area contributed by atoms with Gasteiger partial charge < -0.3 is 15.5 Å². The van der Waals surface area contributed by atoms with Crippen molar-refractivity contribution in [1.29, 1.82) is 0 Å². The second-order valence-electron chi connectivity index (χ2n) is 3.36. The van der Waals surface area contributed by atoms with Crippen LogP contribution in [-0.4, -0.2) is 39.0 Å². The zero-order chi connectivity index (χ0) is 14.6. The highest BCUT2D eigenvalue weighted by atomic mass is 32.1. The number of aliphatic carboxylic acids is 2. The molecule has 1 heterocycles. The van der Waals surface area contributed by atoms with Crippen LogP contribution < -0.4 is 5.32 Å². The van der Waals surface area contributed by atoms with Crippen molar-refractivity contribution in [2.75, 3.05) is 0 Å². The van der Waals surface area contributed by atoms with Crippen LogP contribution in [0.5, 0.6) is 0 Å². The quantitative estimate of drug-likeness (QED) is 0.504. The van der Waals surface area contributed by atoms with Crippen molar-refractivity contribution < 1.29 is 29.5 Å². The van der Waals surface area contributed by atoms with E-state index in [0.717, 1.165) is 12.1 Å². The minimum Gasteiger partial charge on any atom is -0.481 e. The molecule has 1 aromatic heterocycles. The molecule has 1 aromatic rings. The van der Waals surface area contributed by atoms with Gasteiger partial charge in [-0.05, 0) is 6.07 Å². The number of hydrogen-bond donors (Lipinski definition) is 3. The zero-order valence-corrected chi connectivity index (χ0v) is 10.0. The van der Waals surface area contributed by atoms with Crippen LogP contribution in [0.2, 0.25) is 0 Å². The summed E-state index contributed by atoms with van der Waals surface area (Å²) in [5.41, 5.74) is 0. The van der Waals surface area contributed by atoms with Gasteiger partial charge in [-0.15, -0.1) is 0 Å². The fraction of sp³-hybridized carbons (Fsp3) is 0.222. The maximum atomic E-state index is 11.6. The molecule has 10 heteroatoms. The molecule has 0 radical (unpaired) electrons. The molecule has 1 atom stereocenters. The molecule has 0 bridgehead atoms. The molecule has 0 aliphatic carbocycles. The predicted molar refractivity (Wildman–Crippen MR) is 62.1 cm³/mol. The van der Waals surface area contributed by atoms with E-state index in [0.29, 0.717) is 11.3 Å². The lowest BCUT2D eigenvalue weighted by Gasteiger charge is -2.10. The Balaban J connectivity index is 2.78. The lowest BCUT2D eigenvalue weighted by Crippen LogP contribution is -2.41. The molecule has 0 fully saturated rings. The van der Waals surface area contributed by atoms with E-state index in [4.69, 9.17) is 10.2 Å². The van der Waals surface area contributed by atoms with Crippen molar-refractivity contribution >= 4 is 34.2 Å². The molecule has 19 heavy (non-hydrogen) atoms. The first-order chi connectivity index (χ1) is 8.81. The summed E-state index contributed by atoms with van der Waals surface area (Å²) in [6.45, 7) is 0. The normalized spacial score (nSPS) is 11.6. The number of carboxylic acids is 2. The van der Waals surface area contributed by atoms with Crippen molar-refractivity contribution in [3.8, 4) is 0 Å². The van der Waals surface area contributed by atoms with Crippen LogP contribution in [0.25, 0.3) is 0 Å². The molecule has 0 unspecified atom stereocenters. The molecule has 3 N–H and O–H groups in total. The third-order valence-corrected chi connectivity index (χ3v) is 3.01. The highest BCUT2D eigenvalue weighted by Crippen LogP contribution is 2.23. The molecule has 0 spiro atoms. The molecule has 0 aliphatic heterocycles. The standard InChI is InChI=1S/C9H8N2O7S/c12-7(13)3-4(9(15)16)10-8(14)5-1-2-6(19-5)11(17)18/h1-2,4H,3H2,(H,10,14)(H,12,13)(H,15,16)/t4-/m0/s1. The number of amides is 1. The van der Waals surface area contributed by atoms with Gasteiger partial charge in [0.15, 0.2) is 0 Å². The van der Waals surface area contributed by atoms with Gasteiger partial charge in [0, 0.05) is 6.07 Å². The molecular formula is C9H8N2O7S. The smallest absolute Gasteiger partial charge is 0.326 e. The molecule has 0 aliphatic rings. The number of carbonyl (C=O) groups excluding carboxylic acids is 1. The van der Waals surface area contributed by atoms with Crippen LogP contribution in [0, 0.1) is 10.1 Å². The third kappa shape index (κ3) is 4.03. The van der Waals surface area contributed by atoms with E-state index < -0.39 is 35.2 Å². The molecule has 102 valence electrons. The van der Waals surface area contributed by atoms with Gasteiger partial charge in [0.1, 0.15) is 6.04 Å². The second kappa shape index (κ2) is 5.91. The molecular weight excluding hydrogens is 280 g/mol. The summed E-state index contributed by atoms with van der Waals surface area (Å²) in [5, 5.41) is 29.4. The van der Waals surface area contributed by atoms with E-state index >= 15 is 0 Å². The van der Waals surface area contributed by atoms with Crippen molar-refractivity contribution in [1.82, 2.24) is 5.32 Å². The van der Waals surface area contributed by atoms with Crippen LogP contribution in [-0.2, 0) is 9.59 Å². The first-order valence-electron chi connectivity index (χ1n) is 4.81. The van der Waals surface area contributed by atoms with E-state index in [2.05, 4.69) is 0 Å². The Bertz CT molecular complexity index is 538. The molecule has 0 saturated carbocycles. The number of nitrogens with one attached hydrogen (secondary N) is 1. The number of nitro groups is 1. The van der Waals surface area contributed by atoms with E-state index in [9.17, 15) is 24.5 Å². The first kappa shape index (κ1) is 14.6. The lowest BCUT2D eigenvalue weighted by molar-refractivity contribution is -0.380. The Hall–Kier alpha value is -2.49. The number of thiophene rings is 1. The monoisotopic (exact) mass is 288 g/mol. The Kier molecular flexibility index (Phi) is 4.53. The Morgan fingerprint density at radius 2 is 2.00 bits per heavy atom. The van der Waals surface area contributed by atoms with Crippen molar-refractivity contribution in [2.45, 2.75) is 12.5 Å². The summed E-state index contributed by atoms with van der Waals surface area (Å²) in [6.07, 6.45) is -0.783. The Morgan fingerprint density at radius 3 is 2.42 bits per heavy atom. The lowest BCUT2D eigenvalue weighted by atomic mass is 10.2. The number of nitrogens with zero attached hydrogens (tertiary/aromatic N) is 1. The maximum absolute atomic E-state index is 11.6. The largest absolute Gasteiger partial charge is 0.481 e. The minimum atomic E-state index is -1.59. The predicted octanol–water partition coefficient (Wildman–Crippen LogP) is 0.314. The molecule has 0 saturated heterocycles. The average molecular weight is 288 g/mol. The van der Waals surface area contributed by atoms with Gasteiger partial charge in [-0.25, -0.2) is 4.79 Å². The van der Waals surface area contributed by atoms with Crippen molar-refractivity contribution in [3.63, 3.8) is 0 Å². The van der Waals surface area contributed by atoms with Gasteiger partial charge in [-0.3, -0.25) is 19.7 Å². The summed E-state index contributed by atoms with van der Waals surface area (Å²) in [5.74, 6) is -3.75. The maximum Gasteiger partial charge on any atom is 0.326 e. The summed E-state index contributed by atoms with van der Waals surface area (Å²) >= 11 is 0.570. The third-order valence-electron chi connectivity index (χ3n) is 1.98. The van der Waals surface area contributed by atoms with Crippen molar-refractivity contribution in [3.05, 3.63) is 27.1 Å². The summed E-state index contributed by atoms with van der Waals surface area (Å²) in [7, 11) is 0. The minimum absolute atomic E-state index is 0.0664. The summed E-state index contributed by atoms with van der Waals surface area (Å²) < 4.78 is 0.